The third kappa shape index (κ3) is 3.80. The molecule has 0 radical (unpaired) electrons. The lowest BCUT2D eigenvalue weighted by molar-refractivity contribution is 0.0613. The number of nitrogens with one attached hydrogen (secondary N) is 1. The first kappa shape index (κ1) is 17.6. The highest BCUT2D eigenvalue weighted by atomic mass is 35.5. The molecule has 0 spiro atoms. The van der Waals surface area contributed by atoms with Gasteiger partial charge in [0.15, 0.2) is 0 Å². The maximum atomic E-state index is 12.7. The standard InChI is InChI=1S/C15H22N2O3.ClH/c1-10-9-17(11(2)8-16-10)15(18)13-6-5-12(19-3)7-14(13)20-4;/h5-7,10-11,16H,8-9H2,1-4H3;1H. The van der Waals surface area contributed by atoms with Gasteiger partial charge >= 0.3 is 0 Å². The van der Waals surface area contributed by atoms with Crippen LogP contribution < -0.4 is 14.8 Å². The van der Waals surface area contributed by atoms with Crippen molar-refractivity contribution in [3.63, 3.8) is 0 Å². The summed E-state index contributed by atoms with van der Waals surface area (Å²) in [5, 5.41) is 3.37. The van der Waals surface area contributed by atoms with Crippen LogP contribution in [0.2, 0.25) is 0 Å². The number of benzene rings is 1. The molecule has 1 aliphatic heterocycles. The van der Waals surface area contributed by atoms with Gasteiger partial charge in [-0.1, -0.05) is 0 Å². The van der Waals surface area contributed by atoms with Crippen molar-refractivity contribution in [2.24, 2.45) is 0 Å². The highest BCUT2D eigenvalue weighted by Gasteiger charge is 2.29. The molecule has 1 aromatic carbocycles. The van der Waals surface area contributed by atoms with Crippen molar-refractivity contribution >= 4 is 18.3 Å². The Balaban J connectivity index is 0.00000220. The average Bonchev–Trinajstić information content (AvgIpc) is 2.48. The smallest absolute Gasteiger partial charge is 0.257 e. The molecule has 1 saturated heterocycles. The van der Waals surface area contributed by atoms with Crippen LogP contribution in [-0.2, 0) is 0 Å². The summed E-state index contributed by atoms with van der Waals surface area (Å²) in [6.45, 7) is 5.64. The van der Waals surface area contributed by atoms with Crippen molar-refractivity contribution in [3.8, 4) is 11.5 Å². The molecule has 1 amide bonds. The number of hydrogen-bond acceptors (Lipinski definition) is 4. The first-order valence-electron chi connectivity index (χ1n) is 6.83. The zero-order chi connectivity index (χ0) is 14.7. The highest BCUT2D eigenvalue weighted by Crippen LogP contribution is 2.26. The van der Waals surface area contributed by atoms with Crippen molar-refractivity contribution < 1.29 is 14.3 Å². The van der Waals surface area contributed by atoms with E-state index < -0.39 is 0 Å². The minimum Gasteiger partial charge on any atom is -0.497 e. The van der Waals surface area contributed by atoms with Crippen molar-refractivity contribution in [3.05, 3.63) is 23.8 Å². The molecule has 1 N–H and O–H groups in total. The third-order valence-electron chi connectivity index (χ3n) is 3.66. The Labute approximate surface area is 132 Å². The molecule has 5 nitrogen and oxygen atoms in total. The molecule has 0 saturated carbocycles. The number of piperazine rings is 1. The Morgan fingerprint density at radius 3 is 2.62 bits per heavy atom. The molecule has 6 heteroatoms. The summed E-state index contributed by atoms with van der Waals surface area (Å²) in [4.78, 5) is 14.6. The van der Waals surface area contributed by atoms with E-state index in [-0.39, 0.29) is 24.4 Å². The lowest BCUT2D eigenvalue weighted by Gasteiger charge is -2.37. The summed E-state index contributed by atoms with van der Waals surface area (Å²) < 4.78 is 10.5. The highest BCUT2D eigenvalue weighted by molar-refractivity contribution is 5.97. The fourth-order valence-electron chi connectivity index (χ4n) is 2.43. The maximum Gasteiger partial charge on any atom is 0.257 e. The summed E-state index contributed by atoms with van der Waals surface area (Å²) in [5.74, 6) is 1.23. The van der Waals surface area contributed by atoms with Gasteiger partial charge in [0, 0.05) is 31.2 Å². The van der Waals surface area contributed by atoms with Gasteiger partial charge < -0.3 is 19.7 Å². The fourth-order valence-corrected chi connectivity index (χ4v) is 2.43. The molecule has 0 aromatic heterocycles. The van der Waals surface area contributed by atoms with Gasteiger partial charge in [0.1, 0.15) is 11.5 Å². The monoisotopic (exact) mass is 314 g/mol. The van der Waals surface area contributed by atoms with Crippen molar-refractivity contribution in [1.29, 1.82) is 0 Å². The SMILES string of the molecule is COc1ccc(C(=O)N2CC(C)NCC2C)c(OC)c1.Cl. The van der Waals surface area contributed by atoms with Crippen LogP contribution in [-0.4, -0.2) is 50.2 Å². The Hall–Kier alpha value is -1.46. The molecular formula is C15H23ClN2O3. The van der Waals surface area contributed by atoms with Gasteiger partial charge in [-0.15, -0.1) is 12.4 Å². The van der Waals surface area contributed by atoms with E-state index in [2.05, 4.69) is 12.2 Å². The van der Waals surface area contributed by atoms with Crippen molar-refractivity contribution in [2.75, 3.05) is 27.3 Å². The second kappa shape index (κ2) is 7.52. The number of nitrogens with zero attached hydrogens (tertiary/aromatic N) is 1. The van der Waals surface area contributed by atoms with Crippen LogP contribution in [0.4, 0.5) is 0 Å². The predicted octanol–water partition coefficient (Wildman–Crippen LogP) is 1.95. The van der Waals surface area contributed by atoms with E-state index in [9.17, 15) is 4.79 Å². The van der Waals surface area contributed by atoms with Crippen LogP contribution in [0.3, 0.4) is 0 Å². The lowest BCUT2D eigenvalue weighted by Crippen LogP contribution is -2.56. The maximum absolute atomic E-state index is 12.7. The molecule has 21 heavy (non-hydrogen) atoms. The summed E-state index contributed by atoms with van der Waals surface area (Å²) in [6.07, 6.45) is 0. The Kier molecular flexibility index (Phi) is 6.30. The Morgan fingerprint density at radius 1 is 1.29 bits per heavy atom. The van der Waals surface area contributed by atoms with Crippen LogP contribution in [0, 0.1) is 0 Å². The number of methoxy groups -OCH3 is 2. The van der Waals surface area contributed by atoms with E-state index in [0.29, 0.717) is 29.6 Å². The van der Waals surface area contributed by atoms with E-state index in [0.717, 1.165) is 6.54 Å². The average molecular weight is 315 g/mol. The van der Waals surface area contributed by atoms with E-state index in [4.69, 9.17) is 9.47 Å². The minimum absolute atomic E-state index is 0. The number of ether oxygens (including phenoxy) is 2. The minimum atomic E-state index is 0. The van der Waals surface area contributed by atoms with Crippen LogP contribution >= 0.6 is 12.4 Å². The van der Waals surface area contributed by atoms with Gasteiger partial charge in [0.05, 0.1) is 19.8 Å². The van der Waals surface area contributed by atoms with E-state index >= 15 is 0 Å². The number of carbonyl (C=O) groups is 1. The van der Waals surface area contributed by atoms with Crippen molar-refractivity contribution in [1.82, 2.24) is 10.2 Å². The molecule has 0 aliphatic carbocycles. The topological polar surface area (TPSA) is 50.8 Å². The molecule has 1 heterocycles. The van der Waals surface area contributed by atoms with Gasteiger partial charge in [-0.25, -0.2) is 0 Å². The molecule has 0 bridgehead atoms. The van der Waals surface area contributed by atoms with Crippen LogP contribution in [0.1, 0.15) is 24.2 Å². The summed E-state index contributed by atoms with van der Waals surface area (Å²) in [6, 6.07) is 5.76. The summed E-state index contributed by atoms with van der Waals surface area (Å²) in [5.41, 5.74) is 0.578. The van der Waals surface area contributed by atoms with Crippen molar-refractivity contribution in [2.45, 2.75) is 25.9 Å². The molecule has 2 rings (SSSR count). The summed E-state index contributed by atoms with van der Waals surface area (Å²) >= 11 is 0. The number of carbonyl (C=O) groups excluding carboxylic acids is 1. The third-order valence-corrected chi connectivity index (χ3v) is 3.66. The largest absolute Gasteiger partial charge is 0.497 e. The number of hydrogen-bond donors (Lipinski definition) is 1. The van der Waals surface area contributed by atoms with E-state index in [1.165, 1.54) is 0 Å². The fraction of sp³-hybridized carbons (Fsp3) is 0.533. The predicted molar refractivity (Wildman–Crippen MR) is 84.8 cm³/mol. The quantitative estimate of drug-likeness (QED) is 0.926. The zero-order valence-electron chi connectivity index (χ0n) is 12.9. The zero-order valence-corrected chi connectivity index (χ0v) is 13.7. The first-order valence-corrected chi connectivity index (χ1v) is 6.83. The van der Waals surface area contributed by atoms with Gasteiger partial charge in [0.2, 0.25) is 0 Å². The summed E-state index contributed by atoms with van der Waals surface area (Å²) in [7, 11) is 3.16. The van der Waals surface area contributed by atoms with Gasteiger partial charge in [-0.2, -0.15) is 0 Å². The number of halogens is 1. The Morgan fingerprint density at radius 2 is 2.00 bits per heavy atom. The van der Waals surface area contributed by atoms with Gasteiger partial charge in [-0.05, 0) is 26.0 Å². The van der Waals surface area contributed by atoms with E-state index in [1.54, 1.807) is 32.4 Å². The second-order valence-electron chi connectivity index (χ2n) is 5.18. The van der Waals surface area contributed by atoms with Crippen LogP contribution in [0.25, 0.3) is 0 Å². The van der Waals surface area contributed by atoms with Gasteiger partial charge in [-0.3, -0.25) is 4.79 Å². The van der Waals surface area contributed by atoms with E-state index in [1.807, 2.05) is 11.8 Å². The molecule has 1 aliphatic rings. The normalized spacial score (nSPS) is 21.4. The van der Waals surface area contributed by atoms with Crippen LogP contribution in [0.15, 0.2) is 18.2 Å². The molecule has 2 unspecified atom stereocenters. The molecule has 1 aromatic rings. The molecule has 1 fully saturated rings. The van der Waals surface area contributed by atoms with Gasteiger partial charge in [0.25, 0.3) is 5.91 Å². The Bertz CT molecular complexity index is 496. The number of rotatable bonds is 3. The second-order valence-corrected chi connectivity index (χ2v) is 5.18. The molecular weight excluding hydrogens is 292 g/mol. The van der Waals surface area contributed by atoms with Crippen LogP contribution in [0.5, 0.6) is 11.5 Å². The lowest BCUT2D eigenvalue weighted by atomic mass is 10.1. The number of amides is 1. The molecule has 118 valence electrons. The first-order chi connectivity index (χ1) is 9.56. The molecule has 2 atom stereocenters.